The second-order valence-corrected chi connectivity index (χ2v) is 5.81. The smallest absolute Gasteiger partial charge is 0.374 e. The van der Waals surface area contributed by atoms with Gasteiger partial charge in [0.2, 0.25) is 5.76 Å². The standard InChI is InChI=1S/C17H19NO4/c1-12-5-4-8-18(10-12)16(19)11-21-17(20)15-9-13-6-2-3-7-14(13)22-15/h2-3,6-7,9,12H,4-5,8,10-11H2,1H3/t12-/m1/s1. The van der Waals surface area contributed by atoms with Gasteiger partial charge < -0.3 is 14.1 Å². The fraction of sp³-hybridized carbons (Fsp3) is 0.412. The number of esters is 1. The number of para-hydroxylation sites is 1. The lowest BCUT2D eigenvalue weighted by Crippen LogP contribution is -2.41. The van der Waals surface area contributed by atoms with Crippen molar-refractivity contribution in [2.24, 2.45) is 5.92 Å². The fourth-order valence-electron chi connectivity index (χ4n) is 2.79. The number of carbonyl (C=O) groups excluding carboxylic acids is 2. The number of benzene rings is 1. The fourth-order valence-corrected chi connectivity index (χ4v) is 2.79. The molecule has 0 spiro atoms. The Kier molecular flexibility index (Phi) is 4.13. The number of furan rings is 1. The van der Waals surface area contributed by atoms with Crippen LogP contribution >= 0.6 is 0 Å². The van der Waals surface area contributed by atoms with Gasteiger partial charge in [-0.15, -0.1) is 0 Å². The molecule has 1 aromatic heterocycles. The molecule has 1 atom stereocenters. The number of nitrogens with zero attached hydrogens (tertiary/aromatic N) is 1. The summed E-state index contributed by atoms with van der Waals surface area (Å²) in [6, 6.07) is 8.98. The molecule has 0 aliphatic carbocycles. The molecule has 5 nitrogen and oxygen atoms in total. The molecule has 0 unspecified atom stereocenters. The van der Waals surface area contributed by atoms with Crippen molar-refractivity contribution >= 4 is 22.8 Å². The molecule has 1 fully saturated rings. The quantitative estimate of drug-likeness (QED) is 0.818. The van der Waals surface area contributed by atoms with E-state index in [2.05, 4.69) is 6.92 Å². The molecule has 1 aromatic carbocycles. The second-order valence-electron chi connectivity index (χ2n) is 5.81. The molecule has 2 heterocycles. The van der Waals surface area contributed by atoms with Crippen LogP contribution < -0.4 is 0 Å². The van der Waals surface area contributed by atoms with Gasteiger partial charge in [0.1, 0.15) is 5.58 Å². The highest BCUT2D eigenvalue weighted by Gasteiger charge is 2.22. The Balaban J connectivity index is 1.58. The van der Waals surface area contributed by atoms with E-state index in [0.29, 0.717) is 11.5 Å². The minimum atomic E-state index is -0.602. The number of likely N-dealkylation sites (tertiary alicyclic amines) is 1. The summed E-state index contributed by atoms with van der Waals surface area (Å²) in [5.41, 5.74) is 0.630. The van der Waals surface area contributed by atoms with Crippen LogP contribution in [-0.2, 0) is 9.53 Å². The third-order valence-electron chi connectivity index (χ3n) is 3.96. The normalized spacial score (nSPS) is 18.4. The number of hydrogen-bond acceptors (Lipinski definition) is 4. The minimum absolute atomic E-state index is 0.126. The number of carbonyl (C=O) groups is 2. The average molecular weight is 301 g/mol. The van der Waals surface area contributed by atoms with E-state index in [4.69, 9.17) is 9.15 Å². The van der Waals surface area contributed by atoms with Crippen molar-refractivity contribution in [3.05, 3.63) is 36.1 Å². The molecule has 0 N–H and O–H groups in total. The number of ether oxygens (including phenoxy) is 1. The SMILES string of the molecule is C[C@@H]1CCCN(C(=O)COC(=O)c2cc3ccccc3o2)C1. The number of piperidine rings is 1. The van der Waals surface area contributed by atoms with Gasteiger partial charge in [-0.1, -0.05) is 25.1 Å². The van der Waals surface area contributed by atoms with E-state index in [9.17, 15) is 9.59 Å². The molecule has 1 aliphatic rings. The Bertz CT molecular complexity index is 658. The first-order chi connectivity index (χ1) is 10.6. The number of rotatable bonds is 3. The van der Waals surface area contributed by atoms with Gasteiger partial charge in [-0.3, -0.25) is 4.79 Å². The van der Waals surface area contributed by atoms with E-state index in [1.165, 1.54) is 0 Å². The summed E-state index contributed by atoms with van der Waals surface area (Å²) < 4.78 is 10.5. The number of fused-ring (bicyclic) bond motifs is 1. The van der Waals surface area contributed by atoms with E-state index >= 15 is 0 Å². The molecule has 3 rings (SSSR count). The molecule has 22 heavy (non-hydrogen) atoms. The topological polar surface area (TPSA) is 59.8 Å². The first-order valence-electron chi connectivity index (χ1n) is 7.57. The third kappa shape index (κ3) is 3.13. The predicted molar refractivity (Wildman–Crippen MR) is 81.5 cm³/mol. The van der Waals surface area contributed by atoms with Gasteiger partial charge in [-0.25, -0.2) is 4.79 Å². The summed E-state index contributed by atoms with van der Waals surface area (Å²) in [5, 5.41) is 0.839. The van der Waals surface area contributed by atoms with Crippen molar-refractivity contribution in [3.8, 4) is 0 Å². The van der Waals surface area contributed by atoms with E-state index in [0.717, 1.165) is 31.3 Å². The molecule has 1 amide bonds. The summed E-state index contributed by atoms with van der Waals surface area (Å²) >= 11 is 0. The maximum Gasteiger partial charge on any atom is 0.374 e. The van der Waals surface area contributed by atoms with Crippen LogP contribution in [0.3, 0.4) is 0 Å². The molecule has 0 radical (unpaired) electrons. The highest BCUT2D eigenvalue weighted by Crippen LogP contribution is 2.19. The Morgan fingerprint density at radius 1 is 1.36 bits per heavy atom. The van der Waals surface area contributed by atoms with Crippen molar-refractivity contribution in [2.75, 3.05) is 19.7 Å². The van der Waals surface area contributed by atoms with Crippen LogP contribution in [0.5, 0.6) is 0 Å². The monoisotopic (exact) mass is 301 g/mol. The van der Waals surface area contributed by atoms with Crippen molar-refractivity contribution in [1.29, 1.82) is 0 Å². The number of hydrogen-bond donors (Lipinski definition) is 0. The third-order valence-corrected chi connectivity index (χ3v) is 3.96. The van der Waals surface area contributed by atoms with Gasteiger partial charge in [0, 0.05) is 18.5 Å². The molecule has 0 saturated carbocycles. The molecular formula is C17H19NO4. The lowest BCUT2D eigenvalue weighted by molar-refractivity contribution is -0.136. The van der Waals surface area contributed by atoms with Gasteiger partial charge in [0.25, 0.3) is 5.91 Å². The zero-order chi connectivity index (χ0) is 15.5. The van der Waals surface area contributed by atoms with Crippen LogP contribution in [-0.4, -0.2) is 36.5 Å². The summed E-state index contributed by atoms with van der Waals surface area (Å²) in [6.07, 6.45) is 2.15. The van der Waals surface area contributed by atoms with Crippen LogP contribution in [0.1, 0.15) is 30.3 Å². The van der Waals surface area contributed by atoms with Gasteiger partial charge in [-0.05, 0) is 30.9 Å². The Hall–Kier alpha value is -2.30. The Morgan fingerprint density at radius 2 is 2.18 bits per heavy atom. The first-order valence-corrected chi connectivity index (χ1v) is 7.57. The molecular weight excluding hydrogens is 282 g/mol. The van der Waals surface area contributed by atoms with Crippen molar-refractivity contribution < 1.29 is 18.7 Å². The Morgan fingerprint density at radius 3 is 2.95 bits per heavy atom. The van der Waals surface area contributed by atoms with Gasteiger partial charge >= 0.3 is 5.97 Å². The van der Waals surface area contributed by atoms with Crippen molar-refractivity contribution in [3.63, 3.8) is 0 Å². The van der Waals surface area contributed by atoms with E-state index in [1.54, 1.807) is 17.0 Å². The molecule has 2 aromatic rings. The summed E-state index contributed by atoms with van der Waals surface area (Å²) in [6.45, 7) is 3.37. The zero-order valence-electron chi connectivity index (χ0n) is 12.6. The van der Waals surface area contributed by atoms with Crippen LogP contribution in [0, 0.1) is 5.92 Å². The molecule has 5 heteroatoms. The van der Waals surface area contributed by atoms with Gasteiger partial charge in [0.05, 0.1) is 0 Å². The summed E-state index contributed by atoms with van der Waals surface area (Å²) in [5.74, 6) is -0.115. The van der Waals surface area contributed by atoms with Crippen LogP contribution in [0.2, 0.25) is 0 Å². The lowest BCUT2D eigenvalue weighted by Gasteiger charge is -2.30. The van der Waals surface area contributed by atoms with E-state index < -0.39 is 5.97 Å². The van der Waals surface area contributed by atoms with Crippen molar-refractivity contribution in [2.45, 2.75) is 19.8 Å². The zero-order valence-corrected chi connectivity index (χ0v) is 12.6. The maximum absolute atomic E-state index is 12.1. The molecule has 1 saturated heterocycles. The maximum atomic E-state index is 12.1. The lowest BCUT2D eigenvalue weighted by atomic mass is 10.0. The van der Waals surface area contributed by atoms with E-state index in [1.807, 2.05) is 18.2 Å². The largest absolute Gasteiger partial charge is 0.450 e. The van der Waals surface area contributed by atoms with Gasteiger partial charge in [-0.2, -0.15) is 0 Å². The van der Waals surface area contributed by atoms with Gasteiger partial charge in [0.15, 0.2) is 6.61 Å². The van der Waals surface area contributed by atoms with Crippen LogP contribution in [0.25, 0.3) is 11.0 Å². The molecule has 116 valence electrons. The summed E-state index contributed by atoms with van der Waals surface area (Å²) in [4.78, 5) is 25.8. The Labute approximate surface area is 128 Å². The van der Waals surface area contributed by atoms with Crippen LogP contribution in [0.15, 0.2) is 34.7 Å². The summed E-state index contributed by atoms with van der Waals surface area (Å²) in [7, 11) is 0. The van der Waals surface area contributed by atoms with E-state index in [-0.39, 0.29) is 18.3 Å². The highest BCUT2D eigenvalue weighted by atomic mass is 16.5. The first kappa shape index (κ1) is 14.6. The molecule has 0 bridgehead atoms. The molecule has 1 aliphatic heterocycles. The highest BCUT2D eigenvalue weighted by molar-refractivity contribution is 5.93. The van der Waals surface area contributed by atoms with Crippen molar-refractivity contribution in [1.82, 2.24) is 4.90 Å². The van der Waals surface area contributed by atoms with Crippen LogP contribution in [0.4, 0.5) is 0 Å². The predicted octanol–water partition coefficient (Wildman–Crippen LogP) is 2.85. The minimum Gasteiger partial charge on any atom is -0.450 e. The average Bonchev–Trinajstić information content (AvgIpc) is 2.96. The number of amides is 1. The second kappa shape index (κ2) is 6.22.